The SMILES string of the molecule is COc1ccc(NC(=O)COc2cccc(F)c2)c(N)c1. The Hall–Kier alpha value is -2.76. The van der Waals surface area contributed by atoms with E-state index in [0.29, 0.717) is 17.1 Å². The normalized spacial score (nSPS) is 10.0. The van der Waals surface area contributed by atoms with Crippen molar-refractivity contribution < 1.29 is 18.7 Å². The van der Waals surface area contributed by atoms with Gasteiger partial charge in [0.15, 0.2) is 6.61 Å². The van der Waals surface area contributed by atoms with E-state index in [1.54, 1.807) is 24.3 Å². The highest BCUT2D eigenvalue weighted by molar-refractivity contribution is 5.95. The predicted octanol–water partition coefficient (Wildman–Crippen LogP) is 2.43. The van der Waals surface area contributed by atoms with Crippen LogP contribution in [-0.4, -0.2) is 19.6 Å². The van der Waals surface area contributed by atoms with Gasteiger partial charge in [-0.1, -0.05) is 6.07 Å². The molecule has 0 spiro atoms. The molecule has 0 fully saturated rings. The number of hydrogen-bond donors (Lipinski definition) is 2. The van der Waals surface area contributed by atoms with Crippen molar-refractivity contribution in [3.8, 4) is 11.5 Å². The summed E-state index contributed by atoms with van der Waals surface area (Å²) < 4.78 is 23.2. The third-order valence-corrected chi connectivity index (χ3v) is 2.70. The Morgan fingerprint density at radius 1 is 1.24 bits per heavy atom. The molecule has 0 unspecified atom stereocenters. The first kappa shape index (κ1) is 14.6. The molecule has 0 aliphatic heterocycles. The number of carbonyl (C=O) groups excluding carboxylic acids is 1. The van der Waals surface area contributed by atoms with Gasteiger partial charge in [-0.3, -0.25) is 4.79 Å². The Kier molecular flexibility index (Phi) is 4.61. The van der Waals surface area contributed by atoms with Gasteiger partial charge in [-0.2, -0.15) is 0 Å². The lowest BCUT2D eigenvalue weighted by atomic mass is 10.2. The van der Waals surface area contributed by atoms with Crippen LogP contribution in [0, 0.1) is 5.82 Å². The second-order valence-electron chi connectivity index (χ2n) is 4.25. The number of methoxy groups -OCH3 is 1. The summed E-state index contributed by atoms with van der Waals surface area (Å²) in [5, 5.41) is 2.61. The molecule has 0 aliphatic rings. The molecule has 21 heavy (non-hydrogen) atoms. The number of amides is 1. The van der Waals surface area contributed by atoms with Gasteiger partial charge in [-0.05, 0) is 24.3 Å². The minimum atomic E-state index is -0.424. The molecular weight excluding hydrogens is 275 g/mol. The number of nitrogen functional groups attached to an aromatic ring is 1. The quantitative estimate of drug-likeness (QED) is 0.829. The fourth-order valence-electron chi connectivity index (χ4n) is 1.67. The first-order valence-corrected chi connectivity index (χ1v) is 6.20. The van der Waals surface area contributed by atoms with Crippen molar-refractivity contribution in [1.82, 2.24) is 0 Å². The minimum Gasteiger partial charge on any atom is -0.497 e. The first-order valence-electron chi connectivity index (χ1n) is 6.20. The molecule has 0 bridgehead atoms. The minimum absolute atomic E-state index is 0.241. The largest absolute Gasteiger partial charge is 0.497 e. The van der Waals surface area contributed by atoms with Gasteiger partial charge in [0.25, 0.3) is 5.91 Å². The van der Waals surface area contributed by atoms with Crippen LogP contribution in [-0.2, 0) is 4.79 Å². The smallest absolute Gasteiger partial charge is 0.262 e. The van der Waals surface area contributed by atoms with E-state index in [-0.39, 0.29) is 12.4 Å². The summed E-state index contributed by atoms with van der Waals surface area (Å²) in [5.74, 6) is 0.0674. The molecule has 0 saturated heterocycles. The number of nitrogens with two attached hydrogens (primary N) is 1. The zero-order valence-electron chi connectivity index (χ0n) is 11.4. The predicted molar refractivity (Wildman–Crippen MR) is 77.9 cm³/mol. The van der Waals surface area contributed by atoms with E-state index in [4.69, 9.17) is 15.2 Å². The van der Waals surface area contributed by atoms with Gasteiger partial charge >= 0.3 is 0 Å². The van der Waals surface area contributed by atoms with Crippen molar-refractivity contribution in [1.29, 1.82) is 0 Å². The van der Waals surface area contributed by atoms with Crippen LogP contribution in [0.25, 0.3) is 0 Å². The fourth-order valence-corrected chi connectivity index (χ4v) is 1.67. The molecule has 0 heterocycles. The lowest BCUT2D eigenvalue weighted by Crippen LogP contribution is -2.20. The molecule has 0 radical (unpaired) electrons. The molecule has 0 aliphatic carbocycles. The Bertz CT molecular complexity index is 647. The number of rotatable bonds is 5. The van der Waals surface area contributed by atoms with Gasteiger partial charge in [0.1, 0.15) is 17.3 Å². The molecule has 0 atom stereocenters. The van der Waals surface area contributed by atoms with E-state index in [1.165, 1.54) is 25.3 Å². The fraction of sp³-hybridized carbons (Fsp3) is 0.133. The molecule has 3 N–H and O–H groups in total. The van der Waals surface area contributed by atoms with Gasteiger partial charge < -0.3 is 20.5 Å². The van der Waals surface area contributed by atoms with E-state index in [1.807, 2.05) is 0 Å². The Morgan fingerprint density at radius 2 is 2.05 bits per heavy atom. The maximum atomic E-state index is 13.0. The molecule has 0 aromatic heterocycles. The van der Waals surface area contributed by atoms with E-state index in [0.717, 1.165) is 0 Å². The van der Waals surface area contributed by atoms with Crippen molar-refractivity contribution in [2.45, 2.75) is 0 Å². The third kappa shape index (κ3) is 4.10. The average Bonchev–Trinajstić information content (AvgIpc) is 2.47. The van der Waals surface area contributed by atoms with Crippen molar-refractivity contribution in [2.24, 2.45) is 0 Å². The van der Waals surface area contributed by atoms with E-state index in [2.05, 4.69) is 5.32 Å². The topological polar surface area (TPSA) is 73.6 Å². The number of nitrogens with one attached hydrogen (secondary N) is 1. The van der Waals surface area contributed by atoms with Crippen molar-refractivity contribution >= 4 is 17.3 Å². The number of halogens is 1. The summed E-state index contributed by atoms with van der Waals surface area (Å²) in [5.41, 5.74) is 6.63. The molecule has 2 aromatic carbocycles. The van der Waals surface area contributed by atoms with Crippen molar-refractivity contribution in [2.75, 3.05) is 24.8 Å². The third-order valence-electron chi connectivity index (χ3n) is 2.70. The lowest BCUT2D eigenvalue weighted by molar-refractivity contribution is -0.118. The monoisotopic (exact) mass is 290 g/mol. The van der Waals surface area contributed by atoms with Crippen molar-refractivity contribution in [3.63, 3.8) is 0 Å². The summed E-state index contributed by atoms with van der Waals surface area (Å²) in [6.07, 6.45) is 0. The van der Waals surface area contributed by atoms with Crippen LogP contribution in [0.15, 0.2) is 42.5 Å². The standard InChI is InChI=1S/C15H15FN2O3/c1-20-11-5-6-14(13(17)8-11)18-15(19)9-21-12-4-2-3-10(16)7-12/h2-8H,9,17H2,1H3,(H,18,19). The molecule has 6 heteroatoms. The maximum absolute atomic E-state index is 13.0. The van der Waals surface area contributed by atoms with Crippen LogP contribution >= 0.6 is 0 Å². The highest BCUT2D eigenvalue weighted by Gasteiger charge is 2.07. The number of ether oxygens (including phenoxy) is 2. The number of carbonyl (C=O) groups is 1. The van der Waals surface area contributed by atoms with Crippen LogP contribution < -0.4 is 20.5 Å². The van der Waals surface area contributed by atoms with Crippen LogP contribution in [0.4, 0.5) is 15.8 Å². The van der Waals surface area contributed by atoms with Crippen LogP contribution in [0.2, 0.25) is 0 Å². The van der Waals surface area contributed by atoms with Gasteiger partial charge in [-0.25, -0.2) is 4.39 Å². The zero-order chi connectivity index (χ0) is 15.2. The Balaban J connectivity index is 1.93. The molecule has 0 saturated carbocycles. The van der Waals surface area contributed by atoms with Crippen LogP contribution in [0.3, 0.4) is 0 Å². The zero-order valence-corrected chi connectivity index (χ0v) is 11.4. The molecule has 2 rings (SSSR count). The van der Waals surface area contributed by atoms with E-state index >= 15 is 0 Å². The Labute approximate surface area is 121 Å². The number of anilines is 2. The van der Waals surface area contributed by atoms with Crippen molar-refractivity contribution in [3.05, 3.63) is 48.3 Å². The number of hydrogen-bond acceptors (Lipinski definition) is 4. The number of benzene rings is 2. The summed E-state index contributed by atoms with van der Waals surface area (Å²) in [6, 6.07) is 10.5. The summed E-state index contributed by atoms with van der Waals surface area (Å²) in [4.78, 5) is 11.8. The summed E-state index contributed by atoms with van der Waals surface area (Å²) >= 11 is 0. The second-order valence-corrected chi connectivity index (χ2v) is 4.25. The van der Waals surface area contributed by atoms with Gasteiger partial charge in [0, 0.05) is 12.1 Å². The summed E-state index contributed by atoms with van der Waals surface area (Å²) in [6.45, 7) is -0.241. The van der Waals surface area contributed by atoms with Gasteiger partial charge in [-0.15, -0.1) is 0 Å². The second kappa shape index (κ2) is 6.60. The molecular formula is C15H15FN2O3. The van der Waals surface area contributed by atoms with Gasteiger partial charge in [0.2, 0.25) is 0 Å². The Morgan fingerprint density at radius 3 is 2.71 bits per heavy atom. The highest BCUT2D eigenvalue weighted by Crippen LogP contribution is 2.24. The van der Waals surface area contributed by atoms with Crippen LogP contribution in [0.1, 0.15) is 0 Å². The highest BCUT2D eigenvalue weighted by atomic mass is 19.1. The lowest BCUT2D eigenvalue weighted by Gasteiger charge is -2.10. The van der Waals surface area contributed by atoms with Crippen LogP contribution in [0.5, 0.6) is 11.5 Å². The molecule has 110 valence electrons. The molecule has 2 aromatic rings. The van der Waals surface area contributed by atoms with E-state index in [9.17, 15) is 9.18 Å². The maximum Gasteiger partial charge on any atom is 0.262 e. The average molecular weight is 290 g/mol. The first-order chi connectivity index (χ1) is 10.1. The van der Waals surface area contributed by atoms with E-state index < -0.39 is 11.7 Å². The summed E-state index contributed by atoms with van der Waals surface area (Å²) in [7, 11) is 1.53. The molecule has 1 amide bonds. The van der Waals surface area contributed by atoms with Gasteiger partial charge in [0.05, 0.1) is 18.5 Å². The molecule has 5 nitrogen and oxygen atoms in total.